The first-order valence-electron chi connectivity index (χ1n) is 19.8. The van der Waals surface area contributed by atoms with Crippen molar-refractivity contribution in [3.63, 3.8) is 0 Å². The van der Waals surface area contributed by atoms with Crippen LogP contribution in [0.2, 0.25) is 0 Å². The molecule has 0 bridgehead atoms. The number of ether oxygens (including phenoxy) is 1. The van der Waals surface area contributed by atoms with Crippen molar-refractivity contribution < 1.29 is 40.2 Å². The lowest BCUT2D eigenvalue weighted by molar-refractivity contribution is -0.143. The van der Waals surface area contributed by atoms with Gasteiger partial charge in [-0.05, 0) is 32.1 Å². The van der Waals surface area contributed by atoms with Gasteiger partial charge in [-0.2, -0.15) is 0 Å². The quantitative estimate of drug-likeness (QED) is 0.0366. The summed E-state index contributed by atoms with van der Waals surface area (Å²) in [7, 11) is 0. The zero-order chi connectivity index (χ0) is 35.6. The van der Waals surface area contributed by atoms with Crippen LogP contribution in [0.25, 0.3) is 0 Å². The fraction of sp³-hybridized carbons (Fsp3) is 0.923. The molecule has 0 radical (unpaired) electrons. The van der Waals surface area contributed by atoms with Crippen LogP contribution < -0.4 is 0 Å². The number of hydrogen-bond donors (Lipinski definition) is 6. The highest BCUT2D eigenvalue weighted by Gasteiger charge is 2.54. The van der Waals surface area contributed by atoms with E-state index in [1.165, 1.54) is 81.9 Å². The zero-order valence-corrected chi connectivity index (χ0v) is 31.0. The third-order valence-corrected chi connectivity index (χ3v) is 10.0. The monoisotopic (exact) mass is 686 g/mol. The van der Waals surface area contributed by atoms with E-state index in [-0.39, 0.29) is 25.4 Å². The second-order valence-electron chi connectivity index (χ2n) is 14.5. The Labute approximate surface area is 293 Å². The van der Waals surface area contributed by atoms with E-state index in [1.807, 2.05) is 0 Å². The maximum Gasteiger partial charge on any atom is 0.246 e. The highest BCUT2D eigenvalue weighted by molar-refractivity contribution is 5.88. The average Bonchev–Trinajstić information content (AvgIpc) is 3.31. The van der Waals surface area contributed by atoms with Gasteiger partial charge in [0.25, 0.3) is 0 Å². The van der Waals surface area contributed by atoms with E-state index >= 15 is 0 Å². The van der Waals surface area contributed by atoms with Gasteiger partial charge in [-0.1, -0.05) is 135 Å². The molecule has 3 unspecified atom stereocenters. The summed E-state index contributed by atoms with van der Waals surface area (Å²) >= 11 is 0. The highest BCUT2D eigenvalue weighted by Crippen LogP contribution is 2.35. The molecule has 0 saturated carbocycles. The number of aliphatic hydroxyl groups excluding tert-OH is 6. The van der Waals surface area contributed by atoms with Crippen LogP contribution in [0.4, 0.5) is 0 Å². The lowest BCUT2D eigenvalue weighted by Crippen LogP contribution is -2.51. The van der Waals surface area contributed by atoms with Gasteiger partial charge in [-0.15, -0.1) is 0 Å². The third-order valence-electron chi connectivity index (χ3n) is 10.0. The molecule has 1 saturated heterocycles. The van der Waals surface area contributed by atoms with Crippen molar-refractivity contribution in [3.05, 3.63) is 11.6 Å². The molecule has 1 aliphatic heterocycles. The van der Waals surface area contributed by atoms with Crippen molar-refractivity contribution in [1.29, 1.82) is 0 Å². The van der Waals surface area contributed by atoms with Crippen LogP contribution in [0, 0.1) is 0 Å². The molecule has 6 N–H and O–H groups in total. The Morgan fingerprint density at radius 2 is 1.19 bits per heavy atom. The van der Waals surface area contributed by atoms with Crippen LogP contribution in [-0.2, 0) is 9.53 Å². The molecule has 1 fully saturated rings. The van der Waals surface area contributed by atoms with Crippen LogP contribution >= 0.6 is 0 Å². The summed E-state index contributed by atoms with van der Waals surface area (Å²) in [5, 5.41) is 62.8. The molecule has 1 rings (SSSR count). The number of amides is 1. The molecule has 0 aliphatic carbocycles. The largest absolute Gasteiger partial charge is 0.394 e. The Kier molecular flexibility index (Phi) is 25.9. The van der Waals surface area contributed by atoms with Crippen LogP contribution in [-0.4, -0.2) is 104 Å². The first-order valence-corrected chi connectivity index (χ1v) is 19.8. The standard InChI is InChI=1S/C39H75NO8/c1-4-7-10-12-14-16-17-19-21-24-32(23-9-6-3)26-36(45)40(28-33(43)25-22-20-18-15-13-11-8-5-2)29-34(44)27-39(31-42)38(47)37(46)35(30-41)48-39/h26,33-35,37-38,41-44,46-47H,4-25,27-31H2,1-3H3/t33?,34?,35-,37-,38+,39?/m1/s1. The molecule has 0 aromatic rings. The fourth-order valence-corrected chi connectivity index (χ4v) is 6.90. The van der Waals surface area contributed by atoms with Gasteiger partial charge in [0.1, 0.15) is 23.9 Å². The Bertz CT molecular complexity index is 826. The molecule has 1 amide bonds. The second-order valence-corrected chi connectivity index (χ2v) is 14.5. The van der Waals surface area contributed by atoms with Crippen LogP contribution in [0.1, 0.15) is 168 Å². The highest BCUT2D eigenvalue weighted by atomic mass is 16.6. The molecule has 6 atom stereocenters. The first-order chi connectivity index (χ1) is 23.2. The summed E-state index contributed by atoms with van der Waals surface area (Å²) in [6.45, 7) is 5.31. The minimum atomic E-state index is -1.67. The summed E-state index contributed by atoms with van der Waals surface area (Å²) in [5.41, 5.74) is -0.577. The van der Waals surface area contributed by atoms with E-state index in [9.17, 15) is 35.4 Å². The van der Waals surface area contributed by atoms with E-state index < -0.39 is 49.3 Å². The van der Waals surface area contributed by atoms with Gasteiger partial charge in [0.2, 0.25) is 5.91 Å². The van der Waals surface area contributed by atoms with Crippen molar-refractivity contribution in [3.8, 4) is 0 Å². The Hall–Kier alpha value is -1.07. The molecule has 48 heavy (non-hydrogen) atoms. The van der Waals surface area contributed by atoms with Crippen molar-refractivity contribution in [1.82, 2.24) is 4.90 Å². The summed E-state index contributed by atoms with van der Waals surface area (Å²) in [6.07, 6.45) is 20.1. The van der Waals surface area contributed by atoms with Gasteiger partial charge in [0.05, 0.1) is 25.4 Å². The molecule has 9 heteroatoms. The molecule has 0 spiro atoms. The smallest absolute Gasteiger partial charge is 0.246 e. The van der Waals surface area contributed by atoms with Gasteiger partial charge in [-0.25, -0.2) is 0 Å². The number of rotatable bonds is 31. The van der Waals surface area contributed by atoms with Crippen LogP contribution in [0.3, 0.4) is 0 Å². The number of aliphatic hydroxyl groups is 6. The van der Waals surface area contributed by atoms with Crippen molar-refractivity contribution in [2.24, 2.45) is 0 Å². The van der Waals surface area contributed by atoms with Gasteiger partial charge in [0, 0.05) is 25.6 Å². The number of hydrogen-bond acceptors (Lipinski definition) is 8. The molecule has 0 aromatic carbocycles. The van der Waals surface area contributed by atoms with Gasteiger partial charge >= 0.3 is 0 Å². The summed E-state index contributed by atoms with van der Waals surface area (Å²) in [5.74, 6) is -0.259. The number of carbonyl (C=O) groups excluding carboxylic acids is 1. The summed E-state index contributed by atoms with van der Waals surface area (Å²) < 4.78 is 5.65. The lowest BCUT2D eigenvalue weighted by Gasteiger charge is -2.34. The molecule has 0 aromatic heterocycles. The van der Waals surface area contributed by atoms with Crippen molar-refractivity contribution >= 4 is 5.91 Å². The predicted molar refractivity (Wildman–Crippen MR) is 194 cm³/mol. The van der Waals surface area contributed by atoms with E-state index in [0.29, 0.717) is 6.42 Å². The normalized spacial score (nSPS) is 22.7. The minimum Gasteiger partial charge on any atom is -0.394 e. The molecule has 9 nitrogen and oxygen atoms in total. The molecular formula is C39H75NO8. The van der Waals surface area contributed by atoms with Crippen molar-refractivity contribution in [2.45, 2.75) is 205 Å². The van der Waals surface area contributed by atoms with Gasteiger partial charge in [-0.3, -0.25) is 4.79 Å². The third kappa shape index (κ3) is 18.2. The Morgan fingerprint density at radius 3 is 1.69 bits per heavy atom. The summed E-state index contributed by atoms with van der Waals surface area (Å²) in [4.78, 5) is 15.3. The molecule has 1 aliphatic rings. The van der Waals surface area contributed by atoms with Crippen LogP contribution in [0.5, 0.6) is 0 Å². The number of nitrogens with zero attached hydrogens (tertiary/aromatic N) is 1. The SMILES string of the molecule is CCCCCCCCCCCC(=CC(=O)N(CC(O)CCCCCCCCCC)CC(O)CC1(CO)O[C@H](CO)[C@@H](O)[C@@H]1O)CCCC. The predicted octanol–water partition coefficient (Wildman–Crippen LogP) is 6.34. The Morgan fingerprint density at radius 1 is 0.708 bits per heavy atom. The minimum absolute atomic E-state index is 0.0689. The van der Waals surface area contributed by atoms with Crippen molar-refractivity contribution in [2.75, 3.05) is 26.3 Å². The first kappa shape index (κ1) is 45.0. The molecular weight excluding hydrogens is 610 g/mol. The maximum absolute atomic E-state index is 13.8. The van der Waals surface area contributed by atoms with Gasteiger partial charge < -0.3 is 40.3 Å². The van der Waals surface area contributed by atoms with Gasteiger partial charge in [0.15, 0.2) is 0 Å². The Balaban J connectivity index is 2.90. The zero-order valence-electron chi connectivity index (χ0n) is 31.0. The number of allylic oxidation sites excluding steroid dienone is 1. The maximum atomic E-state index is 13.8. The average molecular weight is 686 g/mol. The van der Waals surface area contributed by atoms with E-state index in [1.54, 1.807) is 6.08 Å². The summed E-state index contributed by atoms with van der Waals surface area (Å²) in [6, 6.07) is 0. The van der Waals surface area contributed by atoms with E-state index in [2.05, 4.69) is 20.8 Å². The second kappa shape index (κ2) is 27.6. The van der Waals surface area contributed by atoms with E-state index in [4.69, 9.17) is 4.74 Å². The van der Waals surface area contributed by atoms with Crippen LogP contribution in [0.15, 0.2) is 11.6 Å². The topological polar surface area (TPSA) is 151 Å². The molecule has 284 valence electrons. The number of carbonyl (C=O) groups is 1. The molecule has 1 heterocycles. The fourth-order valence-electron chi connectivity index (χ4n) is 6.90. The van der Waals surface area contributed by atoms with E-state index in [0.717, 1.165) is 63.4 Å². The number of unbranched alkanes of at least 4 members (excludes halogenated alkanes) is 16. The lowest BCUT2D eigenvalue weighted by atomic mass is 9.89.